The molecule has 0 saturated carbocycles. The van der Waals surface area contributed by atoms with Crippen LogP contribution in [0.4, 0.5) is 0 Å². The SMILES string of the molecule is Cn1c(=O)n(C)c2nc(-c3ccccc3)nnc21. The van der Waals surface area contributed by atoms with Crippen LogP contribution in [0.5, 0.6) is 0 Å². The average molecular weight is 241 g/mol. The second-order valence-corrected chi connectivity index (χ2v) is 4.05. The molecule has 0 aliphatic carbocycles. The van der Waals surface area contributed by atoms with Gasteiger partial charge in [0.05, 0.1) is 0 Å². The van der Waals surface area contributed by atoms with Gasteiger partial charge in [-0.2, -0.15) is 0 Å². The summed E-state index contributed by atoms with van der Waals surface area (Å²) in [6.07, 6.45) is 0. The van der Waals surface area contributed by atoms with Crippen LogP contribution in [0.1, 0.15) is 0 Å². The summed E-state index contributed by atoms with van der Waals surface area (Å²) in [6.45, 7) is 0. The number of nitrogens with zero attached hydrogens (tertiary/aromatic N) is 5. The van der Waals surface area contributed by atoms with E-state index in [0.29, 0.717) is 17.1 Å². The lowest BCUT2D eigenvalue weighted by molar-refractivity contribution is 0.787. The first-order valence-electron chi connectivity index (χ1n) is 5.50. The molecule has 3 aromatic rings. The predicted octanol–water partition coefficient (Wildman–Crippen LogP) is 0.729. The third kappa shape index (κ3) is 1.42. The molecule has 90 valence electrons. The molecule has 1 aromatic carbocycles. The summed E-state index contributed by atoms with van der Waals surface area (Å²) in [5.74, 6) is 0.518. The monoisotopic (exact) mass is 241 g/mol. The van der Waals surface area contributed by atoms with E-state index >= 15 is 0 Å². The Morgan fingerprint density at radius 1 is 0.944 bits per heavy atom. The van der Waals surface area contributed by atoms with Crippen LogP contribution in [0.25, 0.3) is 22.7 Å². The van der Waals surface area contributed by atoms with E-state index in [0.717, 1.165) is 5.56 Å². The van der Waals surface area contributed by atoms with Crippen LogP contribution in [0.3, 0.4) is 0 Å². The van der Waals surface area contributed by atoms with Crippen molar-refractivity contribution in [1.82, 2.24) is 24.3 Å². The number of benzene rings is 1. The fourth-order valence-electron chi connectivity index (χ4n) is 1.87. The van der Waals surface area contributed by atoms with Gasteiger partial charge in [-0.1, -0.05) is 30.3 Å². The largest absolute Gasteiger partial charge is 0.331 e. The molecule has 0 N–H and O–H groups in total. The molecule has 0 amide bonds. The van der Waals surface area contributed by atoms with E-state index in [1.807, 2.05) is 30.3 Å². The lowest BCUT2D eigenvalue weighted by atomic mass is 10.2. The molecule has 0 radical (unpaired) electrons. The molecule has 3 rings (SSSR count). The maximum absolute atomic E-state index is 11.8. The molecule has 0 fully saturated rings. The van der Waals surface area contributed by atoms with Crippen LogP contribution in [-0.4, -0.2) is 24.3 Å². The molecule has 0 atom stereocenters. The van der Waals surface area contributed by atoms with Crippen LogP contribution < -0.4 is 5.69 Å². The van der Waals surface area contributed by atoms with Crippen molar-refractivity contribution in [1.29, 1.82) is 0 Å². The van der Waals surface area contributed by atoms with Crippen LogP contribution in [0.2, 0.25) is 0 Å². The molecular formula is C12H11N5O. The highest BCUT2D eigenvalue weighted by Gasteiger charge is 2.12. The zero-order chi connectivity index (χ0) is 12.7. The topological polar surface area (TPSA) is 65.6 Å². The lowest BCUT2D eigenvalue weighted by Crippen LogP contribution is -2.19. The Kier molecular flexibility index (Phi) is 2.22. The second kappa shape index (κ2) is 3.76. The number of hydrogen-bond acceptors (Lipinski definition) is 4. The summed E-state index contributed by atoms with van der Waals surface area (Å²) in [5, 5.41) is 8.13. The molecule has 0 saturated heterocycles. The quantitative estimate of drug-likeness (QED) is 0.630. The Hall–Kier alpha value is -2.50. The summed E-state index contributed by atoms with van der Waals surface area (Å²) >= 11 is 0. The van der Waals surface area contributed by atoms with Gasteiger partial charge < -0.3 is 0 Å². The van der Waals surface area contributed by atoms with Gasteiger partial charge in [0.25, 0.3) is 0 Å². The van der Waals surface area contributed by atoms with Crippen molar-refractivity contribution in [2.24, 2.45) is 14.1 Å². The summed E-state index contributed by atoms with van der Waals surface area (Å²) in [5.41, 5.74) is 1.75. The molecule has 0 aliphatic rings. The highest BCUT2D eigenvalue weighted by Crippen LogP contribution is 2.14. The van der Waals surface area contributed by atoms with E-state index in [1.54, 1.807) is 14.1 Å². The third-order valence-electron chi connectivity index (χ3n) is 2.89. The Bertz CT molecular complexity index is 772. The summed E-state index contributed by atoms with van der Waals surface area (Å²) < 4.78 is 2.90. The minimum Gasteiger partial charge on any atom is -0.278 e. The molecule has 2 aromatic heterocycles. The van der Waals surface area contributed by atoms with E-state index in [2.05, 4.69) is 15.2 Å². The molecule has 0 aliphatic heterocycles. The zero-order valence-corrected chi connectivity index (χ0v) is 10.0. The molecule has 18 heavy (non-hydrogen) atoms. The Morgan fingerprint density at radius 2 is 1.61 bits per heavy atom. The number of aryl methyl sites for hydroxylation is 2. The summed E-state index contributed by atoms with van der Waals surface area (Å²) in [6, 6.07) is 9.56. The normalized spacial score (nSPS) is 11.0. The first kappa shape index (κ1) is 10.6. The second-order valence-electron chi connectivity index (χ2n) is 4.05. The molecular weight excluding hydrogens is 230 g/mol. The number of rotatable bonds is 1. The van der Waals surface area contributed by atoms with Gasteiger partial charge in [-0.25, -0.2) is 9.78 Å². The Balaban J connectivity index is 2.30. The van der Waals surface area contributed by atoms with Gasteiger partial charge >= 0.3 is 5.69 Å². The molecule has 0 spiro atoms. The molecule has 6 heteroatoms. The molecule has 0 unspecified atom stereocenters. The van der Waals surface area contributed by atoms with Gasteiger partial charge in [-0.15, -0.1) is 10.2 Å². The van der Waals surface area contributed by atoms with Crippen molar-refractivity contribution in [3.63, 3.8) is 0 Å². The van der Waals surface area contributed by atoms with E-state index in [1.165, 1.54) is 9.13 Å². The van der Waals surface area contributed by atoms with Crippen molar-refractivity contribution in [3.8, 4) is 11.4 Å². The fourth-order valence-corrected chi connectivity index (χ4v) is 1.87. The minimum absolute atomic E-state index is 0.156. The maximum atomic E-state index is 11.8. The number of imidazole rings is 1. The van der Waals surface area contributed by atoms with Gasteiger partial charge in [-0.05, 0) is 0 Å². The summed E-state index contributed by atoms with van der Waals surface area (Å²) in [4.78, 5) is 16.1. The maximum Gasteiger partial charge on any atom is 0.331 e. The number of fused-ring (bicyclic) bond motifs is 1. The van der Waals surface area contributed by atoms with E-state index in [9.17, 15) is 4.79 Å². The molecule has 6 nitrogen and oxygen atoms in total. The van der Waals surface area contributed by atoms with Gasteiger partial charge in [0, 0.05) is 19.7 Å². The van der Waals surface area contributed by atoms with Crippen molar-refractivity contribution >= 4 is 11.3 Å². The van der Waals surface area contributed by atoms with Crippen LogP contribution in [-0.2, 0) is 14.1 Å². The van der Waals surface area contributed by atoms with Crippen LogP contribution in [0.15, 0.2) is 35.1 Å². The van der Waals surface area contributed by atoms with Gasteiger partial charge in [0.1, 0.15) is 0 Å². The Morgan fingerprint density at radius 3 is 2.33 bits per heavy atom. The fraction of sp³-hybridized carbons (Fsp3) is 0.167. The predicted molar refractivity (Wildman–Crippen MR) is 67.0 cm³/mol. The first-order chi connectivity index (χ1) is 8.68. The van der Waals surface area contributed by atoms with Gasteiger partial charge in [0.2, 0.25) is 5.65 Å². The van der Waals surface area contributed by atoms with Crippen molar-refractivity contribution in [2.75, 3.05) is 0 Å². The zero-order valence-electron chi connectivity index (χ0n) is 10.0. The first-order valence-corrected chi connectivity index (χ1v) is 5.50. The van der Waals surface area contributed by atoms with Crippen molar-refractivity contribution in [3.05, 3.63) is 40.8 Å². The number of aromatic nitrogens is 5. The van der Waals surface area contributed by atoms with Gasteiger partial charge in [-0.3, -0.25) is 9.13 Å². The Labute approximate surface area is 103 Å². The van der Waals surface area contributed by atoms with Crippen LogP contribution in [0, 0.1) is 0 Å². The third-order valence-corrected chi connectivity index (χ3v) is 2.89. The van der Waals surface area contributed by atoms with E-state index < -0.39 is 0 Å². The highest BCUT2D eigenvalue weighted by atomic mass is 16.1. The van der Waals surface area contributed by atoms with Crippen molar-refractivity contribution < 1.29 is 0 Å². The van der Waals surface area contributed by atoms with Crippen LogP contribution >= 0.6 is 0 Å². The minimum atomic E-state index is -0.156. The molecule has 0 bridgehead atoms. The van der Waals surface area contributed by atoms with E-state index in [-0.39, 0.29) is 5.69 Å². The lowest BCUT2D eigenvalue weighted by Gasteiger charge is -1.99. The smallest absolute Gasteiger partial charge is 0.278 e. The average Bonchev–Trinajstić information content (AvgIpc) is 2.65. The molecule has 2 heterocycles. The number of hydrogen-bond donors (Lipinski definition) is 0. The highest BCUT2D eigenvalue weighted by molar-refractivity contribution is 5.69. The van der Waals surface area contributed by atoms with Crippen molar-refractivity contribution in [2.45, 2.75) is 0 Å². The summed E-state index contributed by atoms with van der Waals surface area (Å²) in [7, 11) is 3.33. The van der Waals surface area contributed by atoms with Gasteiger partial charge in [0.15, 0.2) is 11.5 Å². The van der Waals surface area contributed by atoms with E-state index in [4.69, 9.17) is 0 Å². The standard InChI is InChI=1S/C12H11N5O/c1-16-10-11(17(2)12(16)18)15-14-9(13-10)8-6-4-3-5-7-8/h3-7H,1-2H3.